The van der Waals surface area contributed by atoms with Gasteiger partial charge in [0.15, 0.2) is 0 Å². The van der Waals surface area contributed by atoms with Crippen molar-refractivity contribution in [2.75, 3.05) is 13.1 Å². The summed E-state index contributed by atoms with van der Waals surface area (Å²) in [6.45, 7) is 1.20. The summed E-state index contributed by atoms with van der Waals surface area (Å²) in [6, 6.07) is 19.1. The van der Waals surface area contributed by atoms with Gasteiger partial charge in [-0.3, -0.25) is 4.79 Å². The summed E-state index contributed by atoms with van der Waals surface area (Å²) < 4.78 is 11.9. The minimum absolute atomic E-state index is 0.0773. The first-order valence-corrected chi connectivity index (χ1v) is 9.38. The standard InChI is InChI=1S/C22H19N3O3/c26-22(25-13-11-15(14-25)27-20-10-5-12-23-24-20)21-16-6-1-3-8-18(16)28-19-9-4-2-7-17(19)21/h1-10,12,15,21H,11,13-14H2. The number of para-hydroxylation sites is 2. The van der Waals surface area contributed by atoms with Gasteiger partial charge < -0.3 is 14.4 Å². The maximum atomic E-state index is 13.5. The monoisotopic (exact) mass is 373 g/mol. The van der Waals surface area contributed by atoms with Crippen LogP contribution in [0.3, 0.4) is 0 Å². The SMILES string of the molecule is O=C(C1c2ccccc2Oc2ccccc21)N1CCC(Oc2cccnn2)C1. The average molecular weight is 373 g/mol. The zero-order chi connectivity index (χ0) is 18.9. The molecule has 6 nitrogen and oxygen atoms in total. The predicted molar refractivity (Wildman–Crippen MR) is 102 cm³/mol. The minimum atomic E-state index is -0.364. The highest BCUT2D eigenvalue weighted by molar-refractivity contribution is 5.90. The Kier molecular flexibility index (Phi) is 4.16. The molecule has 3 heterocycles. The van der Waals surface area contributed by atoms with Crippen molar-refractivity contribution in [2.24, 2.45) is 0 Å². The molecule has 5 rings (SSSR count). The number of nitrogens with zero attached hydrogens (tertiary/aromatic N) is 3. The lowest BCUT2D eigenvalue weighted by Gasteiger charge is -2.30. The smallest absolute Gasteiger partial charge is 0.234 e. The van der Waals surface area contributed by atoms with Crippen molar-refractivity contribution >= 4 is 5.91 Å². The van der Waals surface area contributed by atoms with Gasteiger partial charge in [-0.25, -0.2) is 0 Å². The molecule has 1 fully saturated rings. The van der Waals surface area contributed by atoms with Crippen molar-refractivity contribution in [1.29, 1.82) is 0 Å². The van der Waals surface area contributed by atoms with Crippen LogP contribution in [-0.4, -0.2) is 40.2 Å². The Bertz CT molecular complexity index is 963. The topological polar surface area (TPSA) is 64.5 Å². The van der Waals surface area contributed by atoms with Crippen LogP contribution in [0, 0.1) is 0 Å². The maximum Gasteiger partial charge on any atom is 0.234 e. The molecule has 0 N–H and O–H groups in total. The van der Waals surface area contributed by atoms with Crippen molar-refractivity contribution in [3.63, 3.8) is 0 Å². The zero-order valence-electron chi connectivity index (χ0n) is 15.2. The first-order valence-electron chi connectivity index (χ1n) is 9.38. The molecule has 6 heteroatoms. The second kappa shape index (κ2) is 6.96. The van der Waals surface area contributed by atoms with E-state index in [9.17, 15) is 4.79 Å². The molecular formula is C22H19N3O3. The third-order valence-electron chi connectivity index (χ3n) is 5.22. The molecule has 28 heavy (non-hydrogen) atoms. The molecule has 1 unspecified atom stereocenters. The molecule has 1 atom stereocenters. The predicted octanol–water partition coefficient (Wildman–Crippen LogP) is 3.39. The van der Waals surface area contributed by atoms with Crippen molar-refractivity contribution in [2.45, 2.75) is 18.4 Å². The molecule has 1 saturated heterocycles. The van der Waals surface area contributed by atoms with E-state index in [1.54, 1.807) is 18.3 Å². The molecule has 1 aromatic heterocycles. The summed E-state index contributed by atoms with van der Waals surface area (Å²) in [6.07, 6.45) is 2.30. The highest BCUT2D eigenvalue weighted by atomic mass is 16.5. The van der Waals surface area contributed by atoms with Crippen LogP contribution in [0.4, 0.5) is 0 Å². The molecule has 0 saturated carbocycles. The van der Waals surface area contributed by atoms with Gasteiger partial charge in [0.25, 0.3) is 0 Å². The van der Waals surface area contributed by atoms with Crippen molar-refractivity contribution in [1.82, 2.24) is 15.1 Å². The van der Waals surface area contributed by atoms with Gasteiger partial charge in [-0.1, -0.05) is 36.4 Å². The lowest BCUT2D eigenvalue weighted by atomic mass is 9.87. The number of hydrogen-bond donors (Lipinski definition) is 0. The van der Waals surface area contributed by atoms with Gasteiger partial charge >= 0.3 is 0 Å². The van der Waals surface area contributed by atoms with Crippen LogP contribution < -0.4 is 9.47 Å². The fourth-order valence-corrected chi connectivity index (χ4v) is 3.90. The van der Waals surface area contributed by atoms with Crippen LogP contribution in [0.1, 0.15) is 23.5 Å². The summed E-state index contributed by atoms with van der Waals surface area (Å²) in [5.74, 6) is 1.69. The van der Waals surface area contributed by atoms with E-state index in [2.05, 4.69) is 10.2 Å². The molecule has 2 aromatic carbocycles. The summed E-state index contributed by atoms with van der Waals surface area (Å²) in [7, 11) is 0. The number of carbonyl (C=O) groups excluding carboxylic acids is 1. The largest absolute Gasteiger partial charge is 0.471 e. The summed E-state index contributed by atoms with van der Waals surface area (Å²) in [4.78, 5) is 15.4. The number of carbonyl (C=O) groups is 1. The summed E-state index contributed by atoms with van der Waals surface area (Å²) in [5, 5.41) is 7.80. The van der Waals surface area contributed by atoms with Gasteiger partial charge in [0.05, 0.1) is 12.5 Å². The van der Waals surface area contributed by atoms with Crippen LogP contribution in [0.2, 0.25) is 0 Å². The number of ether oxygens (including phenoxy) is 2. The van der Waals surface area contributed by atoms with Crippen LogP contribution in [0.15, 0.2) is 66.9 Å². The highest BCUT2D eigenvalue weighted by Gasteiger charge is 2.38. The quantitative estimate of drug-likeness (QED) is 0.704. The molecule has 0 radical (unpaired) electrons. The van der Waals surface area contributed by atoms with E-state index >= 15 is 0 Å². The Hall–Kier alpha value is -3.41. The summed E-state index contributed by atoms with van der Waals surface area (Å²) in [5.41, 5.74) is 1.81. The van der Waals surface area contributed by atoms with Crippen molar-refractivity contribution in [3.8, 4) is 17.4 Å². The third kappa shape index (κ3) is 2.97. The van der Waals surface area contributed by atoms with Crippen LogP contribution >= 0.6 is 0 Å². The summed E-state index contributed by atoms with van der Waals surface area (Å²) >= 11 is 0. The Balaban J connectivity index is 1.40. The Labute approximate surface area is 162 Å². The normalized spacial score (nSPS) is 18.1. The Morgan fingerprint density at radius 2 is 1.71 bits per heavy atom. The second-order valence-electron chi connectivity index (χ2n) is 6.99. The van der Waals surface area contributed by atoms with Gasteiger partial charge in [0.1, 0.15) is 17.6 Å². The Morgan fingerprint density at radius 3 is 2.39 bits per heavy atom. The minimum Gasteiger partial charge on any atom is -0.471 e. The fourth-order valence-electron chi connectivity index (χ4n) is 3.90. The van der Waals surface area contributed by atoms with E-state index in [1.165, 1.54) is 0 Å². The number of fused-ring (bicyclic) bond motifs is 2. The molecule has 2 aliphatic heterocycles. The van der Waals surface area contributed by atoms with Gasteiger partial charge in [0, 0.05) is 36.4 Å². The van der Waals surface area contributed by atoms with Crippen molar-refractivity contribution in [3.05, 3.63) is 78.0 Å². The average Bonchev–Trinajstić information content (AvgIpc) is 3.21. The molecule has 0 spiro atoms. The number of rotatable bonds is 3. The van der Waals surface area contributed by atoms with Gasteiger partial charge in [-0.2, -0.15) is 5.10 Å². The lowest BCUT2D eigenvalue weighted by Crippen LogP contribution is -2.36. The van der Waals surface area contributed by atoms with Crippen LogP contribution in [0.25, 0.3) is 0 Å². The number of amides is 1. The molecular weight excluding hydrogens is 354 g/mol. The first kappa shape index (κ1) is 16.7. The Morgan fingerprint density at radius 1 is 1.00 bits per heavy atom. The van der Waals surface area contributed by atoms with Gasteiger partial charge in [-0.15, -0.1) is 5.10 Å². The maximum absolute atomic E-state index is 13.5. The second-order valence-corrected chi connectivity index (χ2v) is 6.99. The molecule has 2 aliphatic rings. The van der Waals surface area contributed by atoms with E-state index < -0.39 is 0 Å². The van der Waals surface area contributed by atoms with Crippen molar-refractivity contribution < 1.29 is 14.3 Å². The zero-order valence-corrected chi connectivity index (χ0v) is 15.2. The lowest BCUT2D eigenvalue weighted by molar-refractivity contribution is -0.131. The number of benzene rings is 2. The molecule has 140 valence electrons. The highest BCUT2D eigenvalue weighted by Crippen LogP contribution is 2.44. The molecule has 3 aromatic rings. The number of hydrogen-bond acceptors (Lipinski definition) is 5. The van der Waals surface area contributed by atoms with E-state index in [4.69, 9.17) is 9.47 Å². The van der Waals surface area contributed by atoms with E-state index in [0.717, 1.165) is 29.0 Å². The molecule has 1 amide bonds. The fraction of sp³-hybridized carbons (Fsp3) is 0.227. The van der Waals surface area contributed by atoms with E-state index in [1.807, 2.05) is 53.4 Å². The molecule has 0 bridgehead atoms. The molecule has 0 aliphatic carbocycles. The van der Waals surface area contributed by atoms with E-state index in [-0.39, 0.29) is 17.9 Å². The number of aromatic nitrogens is 2. The van der Waals surface area contributed by atoms with Gasteiger partial charge in [-0.05, 0) is 18.2 Å². The van der Waals surface area contributed by atoms with Gasteiger partial charge in [0.2, 0.25) is 11.8 Å². The first-order chi connectivity index (χ1) is 13.8. The van der Waals surface area contributed by atoms with Crippen LogP contribution in [0.5, 0.6) is 17.4 Å². The van der Waals surface area contributed by atoms with E-state index in [0.29, 0.717) is 19.0 Å². The third-order valence-corrected chi connectivity index (χ3v) is 5.22. The number of likely N-dealkylation sites (tertiary alicyclic amines) is 1. The van der Waals surface area contributed by atoms with Crippen LogP contribution in [-0.2, 0) is 4.79 Å².